The van der Waals surface area contributed by atoms with E-state index in [1.54, 1.807) is 10.6 Å². The standard InChI is InChI=1S/C21H21N5O2S/c27-18(25-20-22-16-10-5-6-11-17(16)23-20)12-2-1-7-13-26-19(28)14-8-3-4-9-15(14)24-21(26)29/h3-6,8-11H,1-2,7,12-13H2,(H,24,29)(H2,22,23,25,27). The molecule has 0 unspecified atom stereocenters. The Hall–Kier alpha value is -3.26. The lowest BCUT2D eigenvalue weighted by Gasteiger charge is -2.08. The maximum atomic E-state index is 12.6. The number of imidazole rings is 1. The number of aromatic nitrogens is 4. The first-order chi connectivity index (χ1) is 14.1. The van der Waals surface area contributed by atoms with Crippen molar-refractivity contribution in [3.63, 3.8) is 0 Å². The summed E-state index contributed by atoms with van der Waals surface area (Å²) in [7, 11) is 0. The number of unbranched alkanes of at least 4 members (excludes halogenated alkanes) is 2. The van der Waals surface area contributed by atoms with Crippen LogP contribution in [0, 0.1) is 4.77 Å². The van der Waals surface area contributed by atoms with Crippen LogP contribution < -0.4 is 10.9 Å². The van der Waals surface area contributed by atoms with Gasteiger partial charge in [-0.15, -0.1) is 0 Å². The summed E-state index contributed by atoms with van der Waals surface area (Å²) >= 11 is 5.32. The molecule has 4 rings (SSSR count). The number of anilines is 1. The molecule has 0 saturated carbocycles. The van der Waals surface area contributed by atoms with Gasteiger partial charge < -0.3 is 9.97 Å². The highest BCUT2D eigenvalue weighted by molar-refractivity contribution is 7.71. The van der Waals surface area contributed by atoms with Gasteiger partial charge in [0.1, 0.15) is 0 Å². The van der Waals surface area contributed by atoms with E-state index in [0.717, 1.165) is 35.8 Å². The third-order valence-electron chi connectivity index (χ3n) is 4.82. The van der Waals surface area contributed by atoms with Crippen molar-refractivity contribution >= 4 is 46.0 Å². The number of carbonyl (C=O) groups excluding carboxylic acids is 1. The quantitative estimate of drug-likeness (QED) is 0.317. The number of para-hydroxylation sites is 3. The molecular formula is C21H21N5O2S. The summed E-state index contributed by atoms with van der Waals surface area (Å²) in [6, 6.07) is 15.0. The predicted octanol–water partition coefficient (Wildman–Crippen LogP) is 4.13. The first-order valence-corrected chi connectivity index (χ1v) is 9.99. The van der Waals surface area contributed by atoms with E-state index in [9.17, 15) is 9.59 Å². The maximum absolute atomic E-state index is 12.6. The Morgan fingerprint density at radius 3 is 2.59 bits per heavy atom. The lowest BCUT2D eigenvalue weighted by atomic mass is 10.2. The van der Waals surface area contributed by atoms with Crippen LogP contribution in [0.3, 0.4) is 0 Å². The normalized spacial score (nSPS) is 11.2. The Labute approximate surface area is 171 Å². The van der Waals surface area contributed by atoms with Crippen molar-refractivity contribution in [2.75, 3.05) is 5.32 Å². The third kappa shape index (κ3) is 4.27. The summed E-state index contributed by atoms with van der Waals surface area (Å²) in [5.41, 5.74) is 2.38. The molecule has 0 aliphatic rings. The van der Waals surface area contributed by atoms with Crippen LogP contribution in [-0.4, -0.2) is 25.4 Å². The van der Waals surface area contributed by atoms with Gasteiger partial charge in [-0.25, -0.2) is 4.98 Å². The van der Waals surface area contributed by atoms with Crippen LogP contribution in [0.2, 0.25) is 0 Å². The van der Waals surface area contributed by atoms with Gasteiger partial charge in [0.2, 0.25) is 11.9 Å². The van der Waals surface area contributed by atoms with E-state index in [-0.39, 0.29) is 11.5 Å². The van der Waals surface area contributed by atoms with Crippen LogP contribution in [0.4, 0.5) is 5.95 Å². The second-order valence-corrected chi connectivity index (χ2v) is 7.28. The number of benzene rings is 2. The van der Waals surface area contributed by atoms with Gasteiger partial charge in [-0.3, -0.25) is 19.5 Å². The number of hydrogen-bond donors (Lipinski definition) is 3. The highest BCUT2D eigenvalue weighted by Gasteiger charge is 2.08. The van der Waals surface area contributed by atoms with E-state index in [2.05, 4.69) is 20.3 Å². The van der Waals surface area contributed by atoms with Crippen molar-refractivity contribution < 1.29 is 4.79 Å². The molecule has 0 saturated heterocycles. The van der Waals surface area contributed by atoms with Crippen molar-refractivity contribution in [2.45, 2.75) is 32.2 Å². The summed E-state index contributed by atoms with van der Waals surface area (Å²) in [6.45, 7) is 0.532. The zero-order valence-corrected chi connectivity index (χ0v) is 16.6. The van der Waals surface area contributed by atoms with Gasteiger partial charge >= 0.3 is 0 Å². The zero-order chi connectivity index (χ0) is 20.2. The molecule has 29 heavy (non-hydrogen) atoms. The molecule has 0 spiro atoms. The van der Waals surface area contributed by atoms with Gasteiger partial charge in [0.05, 0.1) is 21.9 Å². The number of fused-ring (bicyclic) bond motifs is 2. The van der Waals surface area contributed by atoms with Crippen LogP contribution in [0.5, 0.6) is 0 Å². The average Bonchev–Trinajstić information content (AvgIpc) is 3.12. The van der Waals surface area contributed by atoms with E-state index in [1.165, 1.54) is 0 Å². The molecule has 0 aliphatic carbocycles. The summed E-state index contributed by atoms with van der Waals surface area (Å²) in [6.07, 6.45) is 2.72. The molecule has 2 heterocycles. The summed E-state index contributed by atoms with van der Waals surface area (Å²) < 4.78 is 2.02. The molecule has 4 aromatic rings. The van der Waals surface area contributed by atoms with Crippen molar-refractivity contribution in [2.24, 2.45) is 0 Å². The minimum Gasteiger partial charge on any atom is -0.332 e. The molecular weight excluding hydrogens is 386 g/mol. The minimum atomic E-state index is -0.0794. The summed E-state index contributed by atoms with van der Waals surface area (Å²) in [5, 5.41) is 3.43. The molecule has 1 amide bonds. The third-order valence-corrected chi connectivity index (χ3v) is 5.14. The lowest BCUT2D eigenvalue weighted by Crippen LogP contribution is -2.22. The number of nitrogens with one attached hydrogen (secondary N) is 3. The molecule has 2 aromatic carbocycles. The van der Waals surface area contributed by atoms with Crippen LogP contribution in [0.1, 0.15) is 25.7 Å². The Kier molecular flexibility index (Phi) is 5.53. The Morgan fingerprint density at radius 1 is 1.00 bits per heavy atom. The molecule has 7 nitrogen and oxygen atoms in total. The number of carbonyl (C=O) groups is 1. The summed E-state index contributed by atoms with van der Waals surface area (Å²) in [5.74, 6) is 0.384. The average molecular weight is 407 g/mol. The largest absolute Gasteiger partial charge is 0.332 e. The highest BCUT2D eigenvalue weighted by atomic mass is 32.1. The van der Waals surface area contributed by atoms with Gasteiger partial charge in [-0.05, 0) is 49.3 Å². The van der Waals surface area contributed by atoms with Crippen LogP contribution in [0.15, 0.2) is 53.3 Å². The fraction of sp³-hybridized carbons (Fsp3) is 0.238. The van der Waals surface area contributed by atoms with Crippen molar-refractivity contribution in [1.82, 2.24) is 19.5 Å². The molecule has 148 valence electrons. The van der Waals surface area contributed by atoms with Crippen molar-refractivity contribution in [3.8, 4) is 0 Å². The first-order valence-electron chi connectivity index (χ1n) is 9.58. The van der Waals surface area contributed by atoms with Gasteiger partial charge in [0, 0.05) is 13.0 Å². The van der Waals surface area contributed by atoms with Gasteiger partial charge in [-0.1, -0.05) is 30.7 Å². The number of rotatable bonds is 7. The number of hydrogen-bond acceptors (Lipinski definition) is 4. The number of H-pyrrole nitrogens is 2. The molecule has 2 aromatic heterocycles. The zero-order valence-electron chi connectivity index (χ0n) is 15.8. The van der Waals surface area contributed by atoms with E-state index in [4.69, 9.17) is 12.2 Å². The number of aromatic amines is 2. The molecule has 8 heteroatoms. The monoisotopic (exact) mass is 407 g/mol. The molecule has 0 radical (unpaired) electrons. The Bertz CT molecular complexity index is 1250. The lowest BCUT2D eigenvalue weighted by molar-refractivity contribution is -0.116. The van der Waals surface area contributed by atoms with Crippen LogP contribution >= 0.6 is 12.2 Å². The predicted molar refractivity (Wildman–Crippen MR) is 117 cm³/mol. The van der Waals surface area contributed by atoms with Gasteiger partial charge in [0.25, 0.3) is 5.56 Å². The van der Waals surface area contributed by atoms with E-state index < -0.39 is 0 Å². The second-order valence-electron chi connectivity index (χ2n) is 6.89. The van der Waals surface area contributed by atoms with E-state index in [0.29, 0.717) is 29.1 Å². The Balaban J connectivity index is 1.28. The smallest absolute Gasteiger partial charge is 0.262 e. The molecule has 0 fully saturated rings. The summed E-state index contributed by atoms with van der Waals surface area (Å²) in [4.78, 5) is 35.2. The SMILES string of the molecule is O=C(CCCCCn1c(=S)[nH]c2ccccc2c1=O)Nc1nc2ccccc2[nH]1. The fourth-order valence-electron chi connectivity index (χ4n) is 3.34. The second kappa shape index (κ2) is 8.40. The van der Waals surface area contributed by atoms with Gasteiger partial charge in [0.15, 0.2) is 4.77 Å². The highest BCUT2D eigenvalue weighted by Crippen LogP contribution is 2.14. The van der Waals surface area contributed by atoms with Crippen molar-refractivity contribution in [3.05, 3.63) is 63.7 Å². The topological polar surface area (TPSA) is 95.6 Å². The first kappa shape index (κ1) is 19.1. The minimum absolute atomic E-state index is 0.0769. The van der Waals surface area contributed by atoms with Crippen LogP contribution in [-0.2, 0) is 11.3 Å². The van der Waals surface area contributed by atoms with Crippen LogP contribution in [0.25, 0.3) is 21.9 Å². The number of nitrogens with zero attached hydrogens (tertiary/aromatic N) is 2. The molecule has 0 aliphatic heterocycles. The molecule has 0 bridgehead atoms. The van der Waals surface area contributed by atoms with Gasteiger partial charge in [-0.2, -0.15) is 0 Å². The maximum Gasteiger partial charge on any atom is 0.262 e. The van der Waals surface area contributed by atoms with E-state index >= 15 is 0 Å². The Morgan fingerprint density at radius 2 is 1.76 bits per heavy atom. The number of amides is 1. The fourth-order valence-corrected chi connectivity index (χ4v) is 3.62. The van der Waals surface area contributed by atoms with Crippen molar-refractivity contribution in [1.29, 1.82) is 0 Å². The van der Waals surface area contributed by atoms with E-state index in [1.807, 2.05) is 42.5 Å². The molecule has 0 atom stereocenters. The molecule has 3 N–H and O–H groups in total.